The standard InChI is InChI=1S/C32H32N6O3/c1-32(2,41-31(34)40)12-9-25-6-5-23-15-20(4-8-28(23)38-25)17-26-18-24(11-13-35-26)30(39)37-19-21-3-7-27-22(16-21)10-14-36-29(27)33/h3-8,10-11,13-16,18H,9,12,17,19H2,1-2H3,(H2,33,36)(H2,34,40)(H,37,39). The largest absolute Gasteiger partial charge is 0.444 e. The normalized spacial score (nSPS) is 11.5. The van der Waals surface area contributed by atoms with Crippen LogP contribution < -0.4 is 16.8 Å². The van der Waals surface area contributed by atoms with Crippen molar-refractivity contribution in [2.45, 2.75) is 45.3 Å². The van der Waals surface area contributed by atoms with E-state index in [0.717, 1.165) is 44.2 Å². The van der Waals surface area contributed by atoms with Crippen molar-refractivity contribution in [3.8, 4) is 0 Å². The number of pyridine rings is 3. The zero-order chi connectivity index (χ0) is 29.0. The SMILES string of the molecule is CC(C)(CCc1ccc2cc(Cc3cc(C(=O)NCc4ccc5c(N)nccc5c4)ccn3)ccc2n1)OC(N)=O. The molecule has 5 rings (SSSR count). The van der Waals surface area contributed by atoms with Gasteiger partial charge in [-0.15, -0.1) is 0 Å². The Morgan fingerprint density at radius 1 is 0.878 bits per heavy atom. The number of benzene rings is 2. The number of hydrogen-bond acceptors (Lipinski definition) is 7. The van der Waals surface area contributed by atoms with E-state index >= 15 is 0 Å². The average molecular weight is 549 g/mol. The molecule has 0 bridgehead atoms. The third-order valence-corrected chi connectivity index (χ3v) is 6.95. The molecule has 0 saturated carbocycles. The van der Waals surface area contributed by atoms with E-state index in [0.29, 0.717) is 37.2 Å². The van der Waals surface area contributed by atoms with Crippen LogP contribution in [0.3, 0.4) is 0 Å². The lowest BCUT2D eigenvalue weighted by Gasteiger charge is -2.23. The van der Waals surface area contributed by atoms with E-state index in [1.807, 2.05) is 68.4 Å². The van der Waals surface area contributed by atoms with Crippen LogP contribution in [-0.4, -0.2) is 32.6 Å². The van der Waals surface area contributed by atoms with Crippen LogP contribution >= 0.6 is 0 Å². The number of nitrogens with zero attached hydrogens (tertiary/aromatic N) is 3. The minimum Gasteiger partial charge on any atom is -0.444 e. The fraction of sp³-hybridized carbons (Fsp3) is 0.219. The van der Waals surface area contributed by atoms with Crippen LogP contribution in [0.15, 0.2) is 79.1 Å². The van der Waals surface area contributed by atoms with Gasteiger partial charge in [-0.05, 0) is 85.7 Å². The maximum Gasteiger partial charge on any atom is 0.405 e. The van der Waals surface area contributed by atoms with Crippen molar-refractivity contribution in [1.82, 2.24) is 20.3 Å². The Bertz CT molecular complexity index is 1750. The molecule has 5 N–H and O–H groups in total. The van der Waals surface area contributed by atoms with Gasteiger partial charge in [-0.3, -0.25) is 14.8 Å². The van der Waals surface area contributed by atoms with Crippen LogP contribution in [0, 0.1) is 0 Å². The predicted octanol–water partition coefficient (Wildman–Crippen LogP) is 5.09. The molecule has 0 atom stereocenters. The first-order valence-corrected chi connectivity index (χ1v) is 13.4. The second-order valence-electron chi connectivity index (χ2n) is 10.7. The summed E-state index contributed by atoms with van der Waals surface area (Å²) in [6.45, 7) is 4.05. The molecule has 2 aromatic carbocycles. The molecule has 3 aromatic heterocycles. The topological polar surface area (TPSA) is 146 Å². The van der Waals surface area contributed by atoms with E-state index in [9.17, 15) is 9.59 Å². The molecule has 0 aliphatic rings. The number of carbonyl (C=O) groups excluding carboxylic acids is 2. The van der Waals surface area contributed by atoms with E-state index in [4.69, 9.17) is 21.2 Å². The highest BCUT2D eigenvalue weighted by atomic mass is 16.6. The summed E-state index contributed by atoms with van der Waals surface area (Å²) in [5.74, 6) is 0.325. The average Bonchev–Trinajstić information content (AvgIpc) is 2.94. The van der Waals surface area contributed by atoms with E-state index in [1.165, 1.54) is 0 Å². The molecule has 0 aliphatic carbocycles. The number of aromatic nitrogens is 3. The van der Waals surface area contributed by atoms with Gasteiger partial charge in [-0.1, -0.05) is 24.3 Å². The van der Waals surface area contributed by atoms with Crippen LogP contribution in [0.25, 0.3) is 21.7 Å². The van der Waals surface area contributed by atoms with Gasteiger partial charge in [0.1, 0.15) is 11.4 Å². The van der Waals surface area contributed by atoms with Crippen molar-refractivity contribution in [1.29, 1.82) is 0 Å². The molecule has 0 spiro atoms. The van der Waals surface area contributed by atoms with Gasteiger partial charge in [0.15, 0.2) is 0 Å². The number of ether oxygens (including phenoxy) is 1. The second kappa shape index (κ2) is 11.6. The zero-order valence-corrected chi connectivity index (χ0v) is 23.1. The van der Waals surface area contributed by atoms with Crippen molar-refractivity contribution in [2.24, 2.45) is 5.73 Å². The molecule has 0 radical (unpaired) electrons. The summed E-state index contributed by atoms with van der Waals surface area (Å²) in [4.78, 5) is 37.4. The molecule has 2 amide bonds. The smallest absolute Gasteiger partial charge is 0.405 e. The van der Waals surface area contributed by atoms with Crippen LogP contribution in [0.4, 0.5) is 10.6 Å². The Morgan fingerprint density at radius 3 is 2.49 bits per heavy atom. The lowest BCUT2D eigenvalue weighted by Crippen LogP contribution is -2.31. The number of amides is 2. The van der Waals surface area contributed by atoms with Gasteiger partial charge in [-0.2, -0.15) is 0 Å². The lowest BCUT2D eigenvalue weighted by atomic mass is 10.00. The molecule has 208 valence electrons. The number of primary amides is 1. The summed E-state index contributed by atoms with van der Waals surface area (Å²) in [6, 6.07) is 21.4. The van der Waals surface area contributed by atoms with Crippen LogP contribution in [-0.2, 0) is 24.1 Å². The predicted molar refractivity (Wildman–Crippen MR) is 159 cm³/mol. The molecule has 41 heavy (non-hydrogen) atoms. The molecule has 3 heterocycles. The number of nitrogens with one attached hydrogen (secondary N) is 1. The Morgan fingerprint density at radius 2 is 1.66 bits per heavy atom. The number of nitrogen functional groups attached to an aromatic ring is 1. The van der Waals surface area contributed by atoms with E-state index in [-0.39, 0.29) is 5.91 Å². The summed E-state index contributed by atoms with van der Waals surface area (Å²) >= 11 is 0. The van der Waals surface area contributed by atoms with E-state index in [1.54, 1.807) is 18.5 Å². The molecule has 0 unspecified atom stereocenters. The Kier molecular flexibility index (Phi) is 7.78. The van der Waals surface area contributed by atoms with Crippen molar-refractivity contribution < 1.29 is 14.3 Å². The van der Waals surface area contributed by atoms with Gasteiger partial charge >= 0.3 is 6.09 Å². The quantitative estimate of drug-likeness (QED) is 0.233. The number of nitrogens with two attached hydrogens (primary N) is 2. The molecule has 0 aliphatic heterocycles. The Balaban J connectivity index is 1.22. The highest BCUT2D eigenvalue weighted by Gasteiger charge is 2.21. The number of hydrogen-bond donors (Lipinski definition) is 3. The zero-order valence-electron chi connectivity index (χ0n) is 23.1. The molecule has 0 fully saturated rings. The number of anilines is 1. The molecule has 5 aromatic rings. The number of fused-ring (bicyclic) bond motifs is 2. The van der Waals surface area contributed by atoms with Crippen molar-refractivity contribution in [2.75, 3.05) is 5.73 Å². The minimum atomic E-state index is -0.778. The first-order chi connectivity index (χ1) is 19.6. The Labute approximate surface area is 238 Å². The minimum absolute atomic E-state index is 0.164. The van der Waals surface area contributed by atoms with Crippen molar-refractivity contribution >= 4 is 39.5 Å². The summed E-state index contributed by atoms with van der Waals surface area (Å²) < 4.78 is 5.17. The summed E-state index contributed by atoms with van der Waals surface area (Å²) in [6.07, 6.45) is 4.40. The number of carbonyl (C=O) groups is 2. The van der Waals surface area contributed by atoms with Crippen LogP contribution in [0.1, 0.15) is 53.1 Å². The lowest BCUT2D eigenvalue weighted by molar-refractivity contribution is 0.0392. The van der Waals surface area contributed by atoms with E-state index in [2.05, 4.69) is 21.4 Å². The summed E-state index contributed by atoms with van der Waals surface area (Å²) in [5, 5.41) is 5.88. The third kappa shape index (κ3) is 6.94. The van der Waals surface area contributed by atoms with Gasteiger partial charge in [0.05, 0.1) is 5.52 Å². The van der Waals surface area contributed by atoms with Crippen LogP contribution in [0.5, 0.6) is 0 Å². The fourth-order valence-electron chi connectivity index (χ4n) is 4.79. The number of aryl methyl sites for hydroxylation is 1. The molecule has 9 heteroatoms. The first kappa shape index (κ1) is 27.5. The van der Waals surface area contributed by atoms with Gasteiger partial charge < -0.3 is 21.5 Å². The third-order valence-electron chi connectivity index (χ3n) is 6.95. The van der Waals surface area contributed by atoms with Gasteiger partial charge in [0.25, 0.3) is 5.91 Å². The summed E-state index contributed by atoms with van der Waals surface area (Å²) in [5.41, 5.74) is 15.6. The van der Waals surface area contributed by atoms with Crippen LogP contribution in [0.2, 0.25) is 0 Å². The highest BCUT2D eigenvalue weighted by Crippen LogP contribution is 2.22. The van der Waals surface area contributed by atoms with Crippen molar-refractivity contribution in [3.63, 3.8) is 0 Å². The molecular weight excluding hydrogens is 516 g/mol. The fourth-order valence-corrected chi connectivity index (χ4v) is 4.79. The monoisotopic (exact) mass is 548 g/mol. The summed E-state index contributed by atoms with van der Waals surface area (Å²) in [7, 11) is 0. The maximum absolute atomic E-state index is 12.9. The molecule has 9 nitrogen and oxygen atoms in total. The molecular formula is C32H32N6O3. The molecule has 0 saturated heterocycles. The van der Waals surface area contributed by atoms with E-state index < -0.39 is 11.7 Å². The van der Waals surface area contributed by atoms with Gasteiger partial charge in [0.2, 0.25) is 0 Å². The Hall–Kier alpha value is -5.05. The van der Waals surface area contributed by atoms with Gasteiger partial charge in [0, 0.05) is 53.1 Å². The number of rotatable bonds is 9. The van der Waals surface area contributed by atoms with Crippen molar-refractivity contribution in [3.05, 3.63) is 107 Å². The van der Waals surface area contributed by atoms with Gasteiger partial charge in [-0.25, -0.2) is 9.78 Å². The second-order valence-corrected chi connectivity index (χ2v) is 10.7. The first-order valence-electron chi connectivity index (χ1n) is 13.4. The maximum atomic E-state index is 12.9. The highest BCUT2D eigenvalue weighted by molar-refractivity contribution is 5.94.